The van der Waals surface area contributed by atoms with Gasteiger partial charge in [0, 0.05) is 13.0 Å². The molecule has 2 aromatic carbocycles. The van der Waals surface area contributed by atoms with Crippen LogP contribution in [0.5, 0.6) is 11.5 Å². The minimum Gasteiger partial charge on any atom is -0.454 e. The SMILES string of the molecule is COCC1(C(N)=S)C(c2ccc3c(c2)OCO3)C1S(=O)(=O)c1ccccc1. The van der Waals surface area contributed by atoms with Gasteiger partial charge in [0.25, 0.3) is 0 Å². The summed E-state index contributed by atoms with van der Waals surface area (Å²) in [7, 11) is -2.16. The molecule has 0 spiro atoms. The van der Waals surface area contributed by atoms with Gasteiger partial charge in [0.05, 0.1) is 27.2 Å². The van der Waals surface area contributed by atoms with Crippen molar-refractivity contribution < 1.29 is 22.6 Å². The van der Waals surface area contributed by atoms with E-state index >= 15 is 0 Å². The number of rotatable bonds is 6. The van der Waals surface area contributed by atoms with Crippen molar-refractivity contribution in [2.45, 2.75) is 16.1 Å². The topological polar surface area (TPSA) is 87.8 Å². The van der Waals surface area contributed by atoms with Crippen molar-refractivity contribution in [1.82, 2.24) is 0 Å². The number of fused-ring (bicyclic) bond motifs is 1. The molecule has 142 valence electrons. The van der Waals surface area contributed by atoms with Crippen molar-refractivity contribution in [3.8, 4) is 11.5 Å². The minimum absolute atomic E-state index is 0.123. The van der Waals surface area contributed by atoms with Crippen LogP contribution in [0.25, 0.3) is 0 Å². The molecule has 8 heteroatoms. The molecule has 0 saturated heterocycles. The van der Waals surface area contributed by atoms with Crippen molar-refractivity contribution in [3.05, 3.63) is 54.1 Å². The van der Waals surface area contributed by atoms with Crippen molar-refractivity contribution in [3.63, 3.8) is 0 Å². The Labute approximate surface area is 163 Å². The molecule has 2 aromatic rings. The molecule has 3 unspecified atom stereocenters. The molecule has 27 heavy (non-hydrogen) atoms. The summed E-state index contributed by atoms with van der Waals surface area (Å²) < 4.78 is 42.9. The van der Waals surface area contributed by atoms with Gasteiger partial charge in [0.1, 0.15) is 0 Å². The molecule has 3 atom stereocenters. The maximum Gasteiger partial charge on any atom is 0.231 e. The lowest BCUT2D eigenvalue weighted by molar-refractivity contribution is 0.166. The molecule has 0 aromatic heterocycles. The average molecular weight is 405 g/mol. The molecule has 2 N–H and O–H groups in total. The van der Waals surface area contributed by atoms with Crippen LogP contribution in [-0.2, 0) is 14.6 Å². The first-order chi connectivity index (χ1) is 12.9. The fourth-order valence-electron chi connectivity index (χ4n) is 3.97. The minimum atomic E-state index is -3.67. The summed E-state index contributed by atoms with van der Waals surface area (Å²) in [6.07, 6.45) is 0. The Morgan fingerprint density at radius 1 is 1.22 bits per heavy atom. The van der Waals surface area contributed by atoms with E-state index in [4.69, 9.17) is 32.2 Å². The molecule has 1 aliphatic heterocycles. The second-order valence-corrected chi connectivity index (χ2v) is 9.22. The van der Waals surface area contributed by atoms with Crippen LogP contribution in [-0.4, -0.2) is 39.2 Å². The predicted molar refractivity (Wildman–Crippen MR) is 104 cm³/mol. The van der Waals surface area contributed by atoms with E-state index in [1.165, 1.54) is 7.11 Å². The fraction of sp³-hybridized carbons (Fsp3) is 0.316. The number of benzene rings is 2. The lowest BCUT2D eigenvalue weighted by Crippen LogP contribution is -2.33. The fourth-order valence-corrected chi connectivity index (χ4v) is 6.76. The number of hydrogen-bond acceptors (Lipinski definition) is 6. The lowest BCUT2D eigenvalue weighted by atomic mass is 9.99. The van der Waals surface area contributed by atoms with Crippen LogP contribution in [0.2, 0.25) is 0 Å². The molecule has 1 aliphatic carbocycles. The Morgan fingerprint density at radius 3 is 2.59 bits per heavy atom. The zero-order valence-electron chi connectivity index (χ0n) is 14.6. The molecule has 4 rings (SSSR count). The molecule has 1 fully saturated rings. The number of ether oxygens (including phenoxy) is 3. The number of nitrogens with two attached hydrogens (primary N) is 1. The van der Waals surface area contributed by atoms with E-state index in [0.29, 0.717) is 11.5 Å². The predicted octanol–water partition coefficient (Wildman–Crippen LogP) is 2.27. The Balaban J connectivity index is 1.82. The first-order valence-electron chi connectivity index (χ1n) is 8.40. The highest BCUT2D eigenvalue weighted by atomic mass is 32.2. The average Bonchev–Trinajstić information content (AvgIpc) is 3.13. The maximum atomic E-state index is 13.4. The first kappa shape index (κ1) is 18.2. The van der Waals surface area contributed by atoms with Gasteiger partial charge < -0.3 is 19.9 Å². The summed E-state index contributed by atoms with van der Waals surface area (Å²) >= 11 is 5.31. The van der Waals surface area contributed by atoms with Gasteiger partial charge in [0.2, 0.25) is 6.79 Å². The van der Waals surface area contributed by atoms with Gasteiger partial charge in [-0.05, 0) is 29.8 Å². The number of sulfone groups is 1. The summed E-state index contributed by atoms with van der Waals surface area (Å²) in [6.45, 7) is 0.270. The molecular weight excluding hydrogens is 386 g/mol. The highest BCUT2D eigenvalue weighted by Gasteiger charge is 2.73. The zero-order chi connectivity index (χ0) is 19.2. The second kappa shape index (κ2) is 6.47. The van der Waals surface area contributed by atoms with E-state index in [1.807, 2.05) is 6.07 Å². The number of thiocarbonyl (C=S) groups is 1. The summed E-state index contributed by atoms with van der Waals surface area (Å²) in [5.41, 5.74) is 5.88. The van der Waals surface area contributed by atoms with Crippen LogP contribution >= 0.6 is 12.2 Å². The summed E-state index contributed by atoms with van der Waals surface area (Å²) in [4.78, 5) is 0.381. The van der Waals surface area contributed by atoms with Crippen LogP contribution < -0.4 is 15.2 Å². The van der Waals surface area contributed by atoms with Crippen LogP contribution in [0.4, 0.5) is 0 Å². The van der Waals surface area contributed by atoms with Gasteiger partial charge in [0.15, 0.2) is 21.3 Å². The smallest absolute Gasteiger partial charge is 0.231 e. The Morgan fingerprint density at radius 2 is 1.93 bits per heavy atom. The van der Waals surface area contributed by atoms with Crippen LogP contribution in [0.15, 0.2) is 53.4 Å². The van der Waals surface area contributed by atoms with E-state index < -0.39 is 26.4 Å². The Bertz CT molecular complexity index is 992. The van der Waals surface area contributed by atoms with Crippen molar-refractivity contribution in [2.24, 2.45) is 11.1 Å². The first-order valence-corrected chi connectivity index (χ1v) is 10.4. The van der Waals surface area contributed by atoms with Gasteiger partial charge in [-0.2, -0.15) is 0 Å². The zero-order valence-corrected chi connectivity index (χ0v) is 16.3. The van der Waals surface area contributed by atoms with Gasteiger partial charge in [-0.25, -0.2) is 8.42 Å². The molecule has 1 saturated carbocycles. The van der Waals surface area contributed by atoms with Crippen LogP contribution in [0.3, 0.4) is 0 Å². The normalized spacial score (nSPS) is 26.0. The third kappa shape index (κ3) is 2.70. The van der Waals surface area contributed by atoms with E-state index in [2.05, 4.69) is 0 Å². The Hall–Kier alpha value is -2.16. The lowest BCUT2D eigenvalue weighted by Gasteiger charge is -2.16. The quantitative estimate of drug-likeness (QED) is 0.738. The number of methoxy groups -OCH3 is 1. The van der Waals surface area contributed by atoms with E-state index in [-0.39, 0.29) is 23.3 Å². The maximum absolute atomic E-state index is 13.4. The van der Waals surface area contributed by atoms with Crippen molar-refractivity contribution in [1.29, 1.82) is 0 Å². The van der Waals surface area contributed by atoms with Gasteiger partial charge in [-0.1, -0.05) is 36.5 Å². The van der Waals surface area contributed by atoms with E-state index in [1.54, 1.807) is 42.5 Å². The molecule has 6 nitrogen and oxygen atoms in total. The summed E-state index contributed by atoms with van der Waals surface area (Å²) in [5.74, 6) is 0.800. The van der Waals surface area contributed by atoms with E-state index in [9.17, 15) is 8.42 Å². The monoisotopic (exact) mass is 405 g/mol. The molecule has 0 radical (unpaired) electrons. The van der Waals surface area contributed by atoms with Crippen LogP contribution in [0.1, 0.15) is 11.5 Å². The van der Waals surface area contributed by atoms with Gasteiger partial charge in [-0.15, -0.1) is 0 Å². The van der Waals surface area contributed by atoms with E-state index in [0.717, 1.165) is 5.56 Å². The van der Waals surface area contributed by atoms with Gasteiger partial charge in [-0.3, -0.25) is 0 Å². The Kier molecular flexibility index (Phi) is 4.37. The highest BCUT2D eigenvalue weighted by molar-refractivity contribution is 7.92. The third-order valence-electron chi connectivity index (χ3n) is 5.26. The molecular formula is C19H19NO5S2. The third-order valence-corrected chi connectivity index (χ3v) is 7.93. The molecule has 1 heterocycles. The van der Waals surface area contributed by atoms with Gasteiger partial charge >= 0.3 is 0 Å². The second-order valence-electron chi connectivity index (χ2n) is 6.71. The standard InChI is InChI=1S/C19H19NO5S2/c1-23-10-19(18(20)26)16(12-7-8-14-15(9-12)25-11-24-14)17(19)27(21,22)13-5-3-2-4-6-13/h2-9,16-17H,10-11H2,1H3,(H2,20,26). The number of hydrogen-bond donors (Lipinski definition) is 1. The molecule has 0 bridgehead atoms. The highest BCUT2D eigenvalue weighted by Crippen LogP contribution is 2.65. The van der Waals surface area contributed by atoms with Crippen LogP contribution in [0, 0.1) is 5.41 Å². The molecule has 2 aliphatic rings. The van der Waals surface area contributed by atoms with Crippen molar-refractivity contribution in [2.75, 3.05) is 20.5 Å². The largest absolute Gasteiger partial charge is 0.454 e. The van der Waals surface area contributed by atoms with Crippen molar-refractivity contribution >= 4 is 27.0 Å². The molecule has 0 amide bonds. The summed E-state index contributed by atoms with van der Waals surface area (Å²) in [6, 6.07) is 13.8. The summed E-state index contributed by atoms with van der Waals surface area (Å²) in [5, 5.41) is -0.801.